The number of halogens is 5. The van der Waals surface area contributed by atoms with Gasteiger partial charge < -0.3 is 4.74 Å². The Kier molecular flexibility index (Phi) is 5.59. The van der Waals surface area contributed by atoms with Crippen LogP contribution in [0.5, 0.6) is 5.75 Å². The third-order valence-electron chi connectivity index (χ3n) is 4.03. The van der Waals surface area contributed by atoms with Crippen LogP contribution in [0.3, 0.4) is 0 Å². The van der Waals surface area contributed by atoms with Gasteiger partial charge in [-0.1, -0.05) is 11.6 Å². The predicted octanol–water partition coefficient (Wildman–Crippen LogP) is 4.82. The third-order valence-corrected chi connectivity index (χ3v) is 5.45. The van der Waals surface area contributed by atoms with Crippen LogP contribution in [-0.2, 0) is 9.84 Å². The standard InChI is InChI=1S/C18H13ClF4N2O3S/c1-28-16-5-9(3-4-11(16)19)25-15(8-14(24-25)18(22)23)10-6-13(21)17(7-12(10)20)29(2,26)27/h3-8,18H,1-2H3. The van der Waals surface area contributed by atoms with Crippen LogP contribution in [0.1, 0.15) is 12.1 Å². The molecule has 0 radical (unpaired) electrons. The lowest BCUT2D eigenvalue weighted by Crippen LogP contribution is -2.05. The molecule has 0 aliphatic carbocycles. The van der Waals surface area contributed by atoms with Crippen LogP contribution in [0.4, 0.5) is 17.6 Å². The van der Waals surface area contributed by atoms with Gasteiger partial charge in [-0.2, -0.15) is 5.10 Å². The number of hydrogen-bond donors (Lipinski definition) is 0. The Morgan fingerprint density at radius 3 is 2.38 bits per heavy atom. The second kappa shape index (κ2) is 7.68. The molecule has 1 aromatic heterocycles. The summed E-state index contributed by atoms with van der Waals surface area (Å²) in [4.78, 5) is -0.841. The number of ether oxygens (including phenoxy) is 1. The molecule has 1 heterocycles. The normalized spacial score (nSPS) is 11.9. The first-order valence-corrected chi connectivity index (χ1v) is 10.2. The number of benzene rings is 2. The highest BCUT2D eigenvalue weighted by molar-refractivity contribution is 7.90. The Morgan fingerprint density at radius 2 is 1.79 bits per heavy atom. The van der Waals surface area contributed by atoms with Gasteiger partial charge in [-0.15, -0.1) is 0 Å². The third kappa shape index (κ3) is 4.08. The van der Waals surface area contributed by atoms with Gasteiger partial charge in [0.05, 0.1) is 23.5 Å². The van der Waals surface area contributed by atoms with Crippen LogP contribution in [0.25, 0.3) is 16.9 Å². The zero-order valence-corrected chi connectivity index (χ0v) is 16.5. The van der Waals surface area contributed by atoms with E-state index in [0.717, 1.165) is 17.0 Å². The van der Waals surface area contributed by atoms with Crippen LogP contribution < -0.4 is 4.74 Å². The molecule has 0 unspecified atom stereocenters. The fraction of sp³-hybridized carbons (Fsp3) is 0.167. The summed E-state index contributed by atoms with van der Waals surface area (Å²) in [5.74, 6) is -2.12. The van der Waals surface area contributed by atoms with Crippen LogP contribution in [-0.4, -0.2) is 31.6 Å². The molecule has 0 saturated carbocycles. The van der Waals surface area contributed by atoms with Crippen molar-refractivity contribution in [1.82, 2.24) is 9.78 Å². The van der Waals surface area contributed by atoms with Crippen molar-refractivity contribution in [3.63, 3.8) is 0 Å². The number of sulfone groups is 1. The Labute approximate surface area is 168 Å². The van der Waals surface area contributed by atoms with Gasteiger partial charge in [-0.3, -0.25) is 0 Å². The van der Waals surface area contributed by atoms with E-state index >= 15 is 0 Å². The zero-order chi connectivity index (χ0) is 21.5. The molecular formula is C18H13ClF4N2O3S. The molecule has 29 heavy (non-hydrogen) atoms. The maximum atomic E-state index is 14.7. The Hall–Kier alpha value is -2.59. The molecule has 0 bridgehead atoms. The molecule has 0 atom stereocenters. The van der Waals surface area contributed by atoms with Crippen molar-refractivity contribution < 1.29 is 30.7 Å². The smallest absolute Gasteiger partial charge is 0.282 e. The van der Waals surface area contributed by atoms with Crippen molar-refractivity contribution in [2.24, 2.45) is 0 Å². The number of rotatable bonds is 5. The largest absolute Gasteiger partial charge is 0.495 e. The fourth-order valence-electron chi connectivity index (χ4n) is 2.68. The zero-order valence-electron chi connectivity index (χ0n) is 15.0. The van der Waals surface area contributed by atoms with Crippen LogP contribution in [0.2, 0.25) is 5.02 Å². The molecule has 3 aromatic rings. The summed E-state index contributed by atoms with van der Waals surface area (Å²) in [7, 11) is -2.68. The lowest BCUT2D eigenvalue weighted by Gasteiger charge is -2.12. The highest BCUT2D eigenvalue weighted by atomic mass is 35.5. The van der Waals surface area contributed by atoms with Gasteiger partial charge in [0.1, 0.15) is 28.0 Å². The lowest BCUT2D eigenvalue weighted by molar-refractivity contribution is 0.145. The minimum Gasteiger partial charge on any atom is -0.495 e. The molecule has 0 spiro atoms. The molecule has 0 aliphatic rings. The molecule has 11 heteroatoms. The van der Waals surface area contributed by atoms with E-state index in [1.165, 1.54) is 25.3 Å². The number of aromatic nitrogens is 2. The topological polar surface area (TPSA) is 61.2 Å². The molecule has 0 N–H and O–H groups in total. The van der Waals surface area contributed by atoms with Gasteiger partial charge in [-0.25, -0.2) is 30.7 Å². The Bertz CT molecular complexity index is 1200. The predicted molar refractivity (Wildman–Crippen MR) is 98.5 cm³/mol. The summed E-state index contributed by atoms with van der Waals surface area (Å²) >= 11 is 5.96. The minimum atomic E-state index is -4.03. The van der Waals surface area contributed by atoms with Crippen molar-refractivity contribution in [2.75, 3.05) is 13.4 Å². The van der Waals surface area contributed by atoms with Crippen molar-refractivity contribution in [2.45, 2.75) is 11.3 Å². The molecule has 5 nitrogen and oxygen atoms in total. The van der Waals surface area contributed by atoms with Crippen molar-refractivity contribution in [3.8, 4) is 22.7 Å². The quantitative estimate of drug-likeness (QED) is 0.525. The lowest BCUT2D eigenvalue weighted by atomic mass is 10.1. The minimum absolute atomic E-state index is 0.195. The fourth-order valence-corrected chi connectivity index (χ4v) is 3.61. The summed E-state index contributed by atoms with van der Waals surface area (Å²) in [6, 6.07) is 6.25. The summed E-state index contributed by atoms with van der Waals surface area (Å²) in [5.41, 5.74) is -1.13. The van der Waals surface area contributed by atoms with E-state index in [0.29, 0.717) is 12.1 Å². The van der Waals surface area contributed by atoms with Crippen molar-refractivity contribution in [1.29, 1.82) is 0 Å². The molecule has 3 rings (SSSR count). The van der Waals surface area contributed by atoms with Crippen LogP contribution in [0.15, 0.2) is 41.3 Å². The molecule has 154 valence electrons. The van der Waals surface area contributed by atoms with Gasteiger partial charge in [0, 0.05) is 17.9 Å². The van der Waals surface area contributed by atoms with Gasteiger partial charge in [-0.05, 0) is 30.3 Å². The van der Waals surface area contributed by atoms with Gasteiger partial charge in [0.15, 0.2) is 9.84 Å². The first kappa shape index (κ1) is 21.1. The molecule has 0 fully saturated rings. The second-order valence-corrected chi connectivity index (χ2v) is 8.41. The summed E-state index contributed by atoms with van der Waals surface area (Å²) in [5, 5.41) is 4.01. The van der Waals surface area contributed by atoms with Crippen molar-refractivity contribution in [3.05, 3.63) is 58.7 Å². The highest BCUT2D eigenvalue weighted by Crippen LogP contribution is 2.34. The van der Waals surface area contributed by atoms with E-state index in [1.807, 2.05) is 0 Å². The first-order valence-electron chi connectivity index (χ1n) is 7.94. The van der Waals surface area contributed by atoms with E-state index in [2.05, 4.69) is 5.10 Å². The summed E-state index contributed by atoms with van der Waals surface area (Å²) < 4.78 is 84.7. The van der Waals surface area contributed by atoms with E-state index in [-0.39, 0.29) is 22.2 Å². The van der Waals surface area contributed by atoms with E-state index in [4.69, 9.17) is 16.3 Å². The Morgan fingerprint density at radius 1 is 1.10 bits per heavy atom. The summed E-state index contributed by atoms with van der Waals surface area (Å²) in [6.45, 7) is 0. The molecule has 0 aliphatic heterocycles. The average molecular weight is 449 g/mol. The molecule has 0 amide bonds. The van der Waals surface area contributed by atoms with Crippen LogP contribution in [0, 0.1) is 11.6 Å². The first-order chi connectivity index (χ1) is 13.5. The SMILES string of the molecule is COc1cc(-n2nc(C(F)F)cc2-c2cc(F)c(S(C)(=O)=O)cc2F)ccc1Cl. The number of alkyl halides is 2. The molecule has 2 aromatic carbocycles. The van der Waals surface area contributed by atoms with Crippen LogP contribution >= 0.6 is 11.6 Å². The van der Waals surface area contributed by atoms with Crippen molar-refractivity contribution >= 4 is 21.4 Å². The average Bonchev–Trinajstić information content (AvgIpc) is 3.08. The summed E-state index contributed by atoms with van der Waals surface area (Å²) in [6.07, 6.45) is -2.25. The maximum absolute atomic E-state index is 14.7. The molecule has 0 saturated heterocycles. The number of nitrogens with zero attached hydrogens (tertiary/aromatic N) is 2. The monoisotopic (exact) mass is 448 g/mol. The number of methoxy groups -OCH3 is 1. The van der Waals surface area contributed by atoms with E-state index in [1.54, 1.807) is 0 Å². The Balaban J connectivity index is 2.27. The van der Waals surface area contributed by atoms with E-state index in [9.17, 15) is 26.0 Å². The van der Waals surface area contributed by atoms with Gasteiger partial charge in [0.2, 0.25) is 0 Å². The molecular weight excluding hydrogens is 436 g/mol. The highest BCUT2D eigenvalue weighted by Gasteiger charge is 2.24. The van der Waals surface area contributed by atoms with Gasteiger partial charge in [0.25, 0.3) is 6.43 Å². The second-order valence-electron chi connectivity index (χ2n) is 6.02. The van der Waals surface area contributed by atoms with E-state index < -0.39 is 44.1 Å². The maximum Gasteiger partial charge on any atom is 0.282 e. The van der Waals surface area contributed by atoms with Gasteiger partial charge >= 0.3 is 0 Å². The number of hydrogen-bond acceptors (Lipinski definition) is 4.